The predicted octanol–water partition coefficient (Wildman–Crippen LogP) is 2.38. The topological polar surface area (TPSA) is 76.0 Å². The standard InChI is InChI=1S/C21H26ClN3O3/c1-15-5-7-16(8-6-15)21(28)25-11-9-24(10-12-25)20-18(22)3-2-4-19(20)23-13-17(27)14-26/h2-8,17,23,26-27H,9-14H2,1H3. The van der Waals surface area contributed by atoms with Crippen LogP contribution in [0.1, 0.15) is 15.9 Å². The van der Waals surface area contributed by atoms with Gasteiger partial charge in [-0.2, -0.15) is 0 Å². The minimum Gasteiger partial charge on any atom is -0.394 e. The van der Waals surface area contributed by atoms with Crippen molar-refractivity contribution in [3.8, 4) is 0 Å². The molecule has 0 aromatic heterocycles. The third-order valence-corrected chi connectivity index (χ3v) is 5.21. The number of aliphatic hydroxyl groups is 2. The van der Waals surface area contributed by atoms with Crippen LogP contribution in [0.15, 0.2) is 42.5 Å². The Balaban J connectivity index is 1.67. The highest BCUT2D eigenvalue weighted by atomic mass is 35.5. The van der Waals surface area contributed by atoms with Crippen LogP contribution in [0.2, 0.25) is 5.02 Å². The number of nitrogens with zero attached hydrogens (tertiary/aromatic N) is 2. The first kappa shape index (κ1) is 20.5. The van der Waals surface area contributed by atoms with Gasteiger partial charge in [0.2, 0.25) is 0 Å². The Hall–Kier alpha value is -2.28. The van der Waals surface area contributed by atoms with E-state index in [0.29, 0.717) is 36.8 Å². The van der Waals surface area contributed by atoms with Gasteiger partial charge >= 0.3 is 0 Å². The van der Waals surface area contributed by atoms with Crippen molar-refractivity contribution in [1.82, 2.24) is 4.90 Å². The molecule has 150 valence electrons. The van der Waals surface area contributed by atoms with Crippen LogP contribution >= 0.6 is 11.6 Å². The van der Waals surface area contributed by atoms with Crippen molar-refractivity contribution in [3.05, 3.63) is 58.6 Å². The average Bonchev–Trinajstić information content (AvgIpc) is 2.72. The van der Waals surface area contributed by atoms with Gasteiger partial charge in [0.05, 0.1) is 29.1 Å². The van der Waals surface area contributed by atoms with E-state index >= 15 is 0 Å². The molecule has 3 N–H and O–H groups in total. The van der Waals surface area contributed by atoms with Gasteiger partial charge in [0.25, 0.3) is 5.91 Å². The predicted molar refractivity (Wildman–Crippen MR) is 112 cm³/mol. The molecule has 1 fully saturated rings. The maximum atomic E-state index is 12.7. The maximum Gasteiger partial charge on any atom is 0.253 e. The van der Waals surface area contributed by atoms with Crippen molar-refractivity contribution in [1.29, 1.82) is 0 Å². The fraction of sp³-hybridized carbons (Fsp3) is 0.381. The van der Waals surface area contributed by atoms with Gasteiger partial charge in [0, 0.05) is 38.3 Å². The molecular formula is C21H26ClN3O3. The summed E-state index contributed by atoms with van der Waals surface area (Å²) >= 11 is 6.45. The van der Waals surface area contributed by atoms with E-state index in [4.69, 9.17) is 16.7 Å². The van der Waals surface area contributed by atoms with Crippen LogP contribution in [0.3, 0.4) is 0 Å². The molecule has 0 aliphatic carbocycles. The fourth-order valence-electron chi connectivity index (χ4n) is 3.28. The van der Waals surface area contributed by atoms with Gasteiger partial charge in [-0.3, -0.25) is 4.79 Å². The normalized spacial score (nSPS) is 15.4. The molecule has 1 atom stereocenters. The van der Waals surface area contributed by atoms with E-state index in [9.17, 15) is 9.90 Å². The minimum atomic E-state index is -0.837. The highest BCUT2D eigenvalue weighted by Gasteiger charge is 2.25. The van der Waals surface area contributed by atoms with Gasteiger partial charge in [-0.15, -0.1) is 0 Å². The number of nitrogens with one attached hydrogen (secondary N) is 1. The Bertz CT molecular complexity index is 805. The number of anilines is 2. The largest absolute Gasteiger partial charge is 0.394 e. The monoisotopic (exact) mass is 403 g/mol. The van der Waals surface area contributed by atoms with Crippen LogP contribution in [0.4, 0.5) is 11.4 Å². The van der Waals surface area contributed by atoms with Crippen LogP contribution in [-0.2, 0) is 0 Å². The molecular weight excluding hydrogens is 378 g/mol. The maximum absolute atomic E-state index is 12.7. The van der Waals surface area contributed by atoms with Gasteiger partial charge in [0.15, 0.2) is 0 Å². The molecule has 1 aliphatic rings. The van der Waals surface area contributed by atoms with E-state index in [-0.39, 0.29) is 19.1 Å². The SMILES string of the molecule is Cc1ccc(C(=O)N2CCN(c3c(Cl)cccc3NCC(O)CO)CC2)cc1. The third-order valence-electron chi connectivity index (χ3n) is 4.91. The fourth-order valence-corrected chi connectivity index (χ4v) is 3.58. The zero-order chi connectivity index (χ0) is 20.1. The van der Waals surface area contributed by atoms with Crippen molar-refractivity contribution in [3.63, 3.8) is 0 Å². The highest BCUT2D eigenvalue weighted by Crippen LogP contribution is 2.34. The third kappa shape index (κ3) is 4.76. The van der Waals surface area contributed by atoms with E-state index in [0.717, 1.165) is 16.9 Å². The minimum absolute atomic E-state index is 0.0447. The zero-order valence-electron chi connectivity index (χ0n) is 15.9. The molecule has 1 unspecified atom stereocenters. The lowest BCUT2D eigenvalue weighted by atomic mass is 10.1. The summed E-state index contributed by atoms with van der Waals surface area (Å²) in [5, 5.41) is 22.4. The van der Waals surface area contributed by atoms with E-state index < -0.39 is 6.10 Å². The van der Waals surface area contributed by atoms with Crippen LogP contribution in [0.5, 0.6) is 0 Å². The number of para-hydroxylation sites is 1. The number of rotatable bonds is 6. The molecule has 3 rings (SSSR count). The number of carbonyl (C=O) groups excluding carboxylic acids is 1. The van der Waals surface area contributed by atoms with Crippen LogP contribution in [0, 0.1) is 6.92 Å². The first-order chi connectivity index (χ1) is 13.5. The van der Waals surface area contributed by atoms with Crippen LogP contribution in [0.25, 0.3) is 0 Å². The summed E-state index contributed by atoms with van der Waals surface area (Å²) in [6, 6.07) is 13.2. The lowest BCUT2D eigenvalue weighted by Gasteiger charge is -2.37. The second-order valence-electron chi connectivity index (χ2n) is 7.00. The van der Waals surface area contributed by atoms with Crippen LogP contribution in [-0.4, -0.2) is 66.5 Å². The number of halogens is 1. The zero-order valence-corrected chi connectivity index (χ0v) is 16.7. The summed E-state index contributed by atoms with van der Waals surface area (Å²) < 4.78 is 0. The molecule has 0 saturated carbocycles. The molecule has 1 amide bonds. The smallest absolute Gasteiger partial charge is 0.253 e. The number of benzene rings is 2. The first-order valence-electron chi connectivity index (χ1n) is 9.42. The quantitative estimate of drug-likeness (QED) is 0.690. The van der Waals surface area contributed by atoms with Gasteiger partial charge in [0.1, 0.15) is 0 Å². The summed E-state index contributed by atoms with van der Waals surface area (Å²) in [6.45, 7) is 4.48. The number of hydrogen-bond acceptors (Lipinski definition) is 5. The first-order valence-corrected chi connectivity index (χ1v) is 9.79. The lowest BCUT2D eigenvalue weighted by molar-refractivity contribution is 0.0747. The van der Waals surface area contributed by atoms with E-state index in [1.165, 1.54) is 0 Å². The Morgan fingerprint density at radius 3 is 2.46 bits per heavy atom. The molecule has 1 heterocycles. The van der Waals surface area contributed by atoms with Crippen molar-refractivity contribution in [2.75, 3.05) is 49.5 Å². The summed E-state index contributed by atoms with van der Waals surface area (Å²) in [6.07, 6.45) is -0.837. The molecule has 0 radical (unpaired) electrons. The van der Waals surface area contributed by atoms with Gasteiger partial charge in [-0.25, -0.2) is 0 Å². The average molecular weight is 404 g/mol. The summed E-state index contributed by atoms with van der Waals surface area (Å²) in [5.41, 5.74) is 3.50. The molecule has 0 bridgehead atoms. The second-order valence-corrected chi connectivity index (χ2v) is 7.41. The van der Waals surface area contributed by atoms with Gasteiger partial charge in [-0.05, 0) is 31.2 Å². The molecule has 7 heteroatoms. The Kier molecular flexibility index (Phi) is 6.78. The molecule has 2 aromatic carbocycles. The van der Waals surface area contributed by atoms with Crippen molar-refractivity contribution < 1.29 is 15.0 Å². The lowest BCUT2D eigenvalue weighted by Crippen LogP contribution is -2.49. The molecule has 28 heavy (non-hydrogen) atoms. The molecule has 0 spiro atoms. The molecule has 1 aliphatic heterocycles. The van der Waals surface area contributed by atoms with Gasteiger partial charge in [-0.1, -0.05) is 35.4 Å². The highest BCUT2D eigenvalue weighted by molar-refractivity contribution is 6.34. The summed E-state index contributed by atoms with van der Waals surface area (Å²) in [7, 11) is 0. The van der Waals surface area contributed by atoms with E-state index in [2.05, 4.69) is 10.2 Å². The van der Waals surface area contributed by atoms with Crippen molar-refractivity contribution in [2.45, 2.75) is 13.0 Å². The Morgan fingerprint density at radius 2 is 1.82 bits per heavy atom. The van der Waals surface area contributed by atoms with Gasteiger partial charge < -0.3 is 25.3 Å². The Labute approximate surface area is 170 Å². The van der Waals surface area contributed by atoms with Crippen LogP contribution < -0.4 is 10.2 Å². The summed E-state index contributed by atoms with van der Waals surface area (Å²) in [4.78, 5) is 16.7. The van der Waals surface area contributed by atoms with E-state index in [1.807, 2.05) is 54.3 Å². The number of aryl methyl sites for hydroxylation is 1. The summed E-state index contributed by atoms with van der Waals surface area (Å²) in [5.74, 6) is 0.0447. The number of piperazine rings is 1. The number of aliphatic hydroxyl groups excluding tert-OH is 2. The van der Waals surface area contributed by atoms with Crippen molar-refractivity contribution in [2.24, 2.45) is 0 Å². The molecule has 1 saturated heterocycles. The number of hydrogen-bond donors (Lipinski definition) is 3. The second kappa shape index (κ2) is 9.28. The Morgan fingerprint density at radius 1 is 1.14 bits per heavy atom. The molecule has 6 nitrogen and oxygen atoms in total. The molecule has 2 aromatic rings. The van der Waals surface area contributed by atoms with E-state index in [1.54, 1.807) is 0 Å². The number of carbonyl (C=O) groups is 1. The van der Waals surface area contributed by atoms with Crippen molar-refractivity contribution >= 4 is 28.9 Å². The number of amides is 1.